The third-order valence-electron chi connectivity index (χ3n) is 3.39. The number of ether oxygens (including phenoxy) is 1. The van der Waals surface area contributed by atoms with Gasteiger partial charge in [-0.2, -0.15) is 0 Å². The average molecular weight is 298 g/mol. The van der Waals surface area contributed by atoms with Gasteiger partial charge in [0, 0.05) is 12.2 Å². The Bertz CT molecular complexity index is 525. The van der Waals surface area contributed by atoms with Crippen molar-refractivity contribution in [3.8, 4) is 0 Å². The lowest BCUT2D eigenvalue weighted by Gasteiger charge is -2.12. The maximum absolute atomic E-state index is 11.9. The van der Waals surface area contributed by atoms with Crippen LogP contribution < -0.4 is 10.5 Å². The molecule has 5 nitrogen and oxygen atoms in total. The van der Waals surface area contributed by atoms with Crippen molar-refractivity contribution < 1.29 is 13.2 Å². The van der Waals surface area contributed by atoms with E-state index in [4.69, 9.17) is 10.5 Å². The van der Waals surface area contributed by atoms with E-state index in [-0.39, 0.29) is 5.75 Å². The van der Waals surface area contributed by atoms with Gasteiger partial charge < -0.3 is 10.5 Å². The summed E-state index contributed by atoms with van der Waals surface area (Å²) in [5.74, 6) is -0.0541. The number of anilines is 1. The maximum atomic E-state index is 11.9. The predicted molar refractivity (Wildman–Crippen MR) is 79.7 cm³/mol. The number of nitrogens with two attached hydrogens (primary N) is 1. The molecular weight excluding hydrogens is 276 g/mol. The van der Waals surface area contributed by atoms with Gasteiger partial charge in [-0.05, 0) is 30.5 Å². The lowest BCUT2D eigenvalue weighted by atomic mass is 10.2. The molecule has 3 N–H and O–H groups in total. The molecule has 1 aliphatic carbocycles. The van der Waals surface area contributed by atoms with Crippen molar-refractivity contribution in [1.29, 1.82) is 0 Å². The Morgan fingerprint density at radius 2 is 2.05 bits per heavy atom. The largest absolute Gasteiger partial charge is 0.399 e. The van der Waals surface area contributed by atoms with Gasteiger partial charge in [0.05, 0.1) is 18.5 Å². The van der Waals surface area contributed by atoms with E-state index in [1.165, 1.54) is 12.8 Å². The van der Waals surface area contributed by atoms with Crippen molar-refractivity contribution in [2.45, 2.75) is 37.5 Å². The first-order valence-electron chi connectivity index (χ1n) is 6.98. The number of nitrogens with one attached hydrogen (secondary N) is 1. The number of benzene rings is 1. The second kappa shape index (κ2) is 7.06. The third-order valence-corrected chi connectivity index (χ3v) is 4.74. The van der Waals surface area contributed by atoms with Crippen molar-refractivity contribution in [3.63, 3.8) is 0 Å². The highest BCUT2D eigenvalue weighted by Crippen LogP contribution is 2.20. The number of hydrogen-bond donors (Lipinski definition) is 2. The predicted octanol–water partition coefficient (Wildman–Crippen LogP) is 1.65. The van der Waals surface area contributed by atoms with Gasteiger partial charge in [-0.25, -0.2) is 13.1 Å². The molecule has 0 saturated heterocycles. The number of rotatable bonds is 7. The van der Waals surface area contributed by atoms with Crippen LogP contribution in [-0.4, -0.2) is 27.7 Å². The SMILES string of the molecule is Nc1cccc(CS(=O)(=O)NCCOC2CCCC2)c1. The third kappa shape index (κ3) is 5.11. The summed E-state index contributed by atoms with van der Waals surface area (Å²) in [6, 6.07) is 6.92. The molecule has 20 heavy (non-hydrogen) atoms. The monoisotopic (exact) mass is 298 g/mol. The Hall–Kier alpha value is -1.11. The van der Waals surface area contributed by atoms with E-state index in [9.17, 15) is 8.42 Å². The van der Waals surface area contributed by atoms with Crippen LogP contribution in [0.5, 0.6) is 0 Å². The summed E-state index contributed by atoms with van der Waals surface area (Å²) < 4.78 is 32.0. The van der Waals surface area contributed by atoms with Gasteiger partial charge in [0.2, 0.25) is 10.0 Å². The Labute approximate surface area is 120 Å². The van der Waals surface area contributed by atoms with E-state index in [0.29, 0.717) is 30.5 Å². The van der Waals surface area contributed by atoms with Crippen LogP contribution in [0, 0.1) is 0 Å². The van der Waals surface area contributed by atoms with E-state index >= 15 is 0 Å². The first-order chi connectivity index (χ1) is 9.55. The summed E-state index contributed by atoms with van der Waals surface area (Å²) in [5.41, 5.74) is 6.89. The Kier molecular flexibility index (Phi) is 5.39. The Morgan fingerprint density at radius 1 is 1.30 bits per heavy atom. The van der Waals surface area contributed by atoms with E-state index in [1.54, 1.807) is 24.3 Å². The molecule has 1 aromatic rings. The fraction of sp³-hybridized carbons (Fsp3) is 0.571. The minimum atomic E-state index is -3.33. The summed E-state index contributed by atoms with van der Waals surface area (Å²) in [5, 5.41) is 0. The summed E-state index contributed by atoms with van der Waals surface area (Å²) in [6.45, 7) is 0.752. The molecule has 0 spiro atoms. The van der Waals surface area contributed by atoms with Crippen LogP contribution in [0.25, 0.3) is 0 Å². The molecule has 112 valence electrons. The van der Waals surface area contributed by atoms with Crippen LogP contribution in [0.3, 0.4) is 0 Å². The second-order valence-electron chi connectivity index (χ2n) is 5.18. The maximum Gasteiger partial charge on any atom is 0.215 e. The first-order valence-corrected chi connectivity index (χ1v) is 8.64. The molecule has 1 aliphatic rings. The minimum absolute atomic E-state index is 0.0541. The van der Waals surface area contributed by atoms with Crippen molar-refractivity contribution >= 4 is 15.7 Å². The molecule has 0 aromatic heterocycles. The zero-order chi connectivity index (χ0) is 14.4. The molecule has 0 unspecified atom stereocenters. The van der Waals surface area contributed by atoms with Gasteiger partial charge in [-0.3, -0.25) is 0 Å². The van der Waals surface area contributed by atoms with Crippen LogP contribution in [0.15, 0.2) is 24.3 Å². The Balaban J connectivity index is 1.73. The Morgan fingerprint density at radius 3 is 2.75 bits per heavy atom. The van der Waals surface area contributed by atoms with E-state index in [1.807, 2.05) is 0 Å². The zero-order valence-corrected chi connectivity index (χ0v) is 12.4. The van der Waals surface area contributed by atoms with Gasteiger partial charge in [-0.15, -0.1) is 0 Å². The number of hydrogen-bond acceptors (Lipinski definition) is 4. The van der Waals surface area contributed by atoms with E-state index < -0.39 is 10.0 Å². The molecule has 1 fully saturated rings. The normalized spacial score (nSPS) is 16.6. The molecular formula is C14H22N2O3S. The highest BCUT2D eigenvalue weighted by Gasteiger charge is 2.16. The number of nitrogen functional groups attached to an aromatic ring is 1. The molecule has 0 radical (unpaired) electrons. The van der Waals surface area contributed by atoms with Gasteiger partial charge >= 0.3 is 0 Å². The zero-order valence-electron chi connectivity index (χ0n) is 11.5. The standard InChI is InChI=1S/C14H22N2O3S/c15-13-5-3-4-12(10-13)11-20(17,18)16-8-9-19-14-6-1-2-7-14/h3-5,10,14,16H,1-2,6-9,11,15H2. The number of sulfonamides is 1. The van der Waals surface area contributed by atoms with Gasteiger partial charge in [0.1, 0.15) is 0 Å². The molecule has 0 amide bonds. The van der Waals surface area contributed by atoms with Gasteiger partial charge in [-0.1, -0.05) is 25.0 Å². The van der Waals surface area contributed by atoms with E-state index in [0.717, 1.165) is 12.8 Å². The van der Waals surface area contributed by atoms with E-state index in [2.05, 4.69) is 4.72 Å². The molecule has 0 aliphatic heterocycles. The fourth-order valence-corrected chi connectivity index (χ4v) is 3.55. The molecule has 1 saturated carbocycles. The molecule has 1 aromatic carbocycles. The van der Waals surface area contributed by atoms with Crippen molar-refractivity contribution in [2.75, 3.05) is 18.9 Å². The highest BCUT2D eigenvalue weighted by molar-refractivity contribution is 7.88. The van der Waals surface area contributed by atoms with Gasteiger partial charge in [0.15, 0.2) is 0 Å². The topological polar surface area (TPSA) is 81.4 Å². The quantitative estimate of drug-likeness (QED) is 0.592. The smallest absolute Gasteiger partial charge is 0.215 e. The van der Waals surface area contributed by atoms with Crippen LogP contribution in [-0.2, 0) is 20.5 Å². The minimum Gasteiger partial charge on any atom is -0.399 e. The van der Waals surface area contributed by atoms with Crippen LogP contribution >= 0.6 is 0 Å². The summed E-state index contributed by atoms with van der Waals surface area (Å²) in [6.07, 6.45) is 4.93. The van der Waals surface area contributed by atoms with Crippen LogP contribution in [0.1, 0.15) is 31.2 Å². The molecule has 0 atom stereocenters. The van der Waals surface area contributed by atoms with Crippen LogP contribution in [0.2, 0.25) is 0 Å². The summed E-state index contributed by atoms with van der Waals surface area (Å²) in [4.78, 5) is 0. The highest BCUT2D eigenvalue weighted by atomic mass is 32.2. The molecule has 0 heterocycles. The summed E-state index contributed by atoms with van der Waals surface area (Å²) in [7, 11) is -3.33. The first kappa shape index (κ1) is 15.3. The van der Waals surface area contributed by atoms with Gasteiger partial charge in [0.25, 0.3) is 0 Å². The molecule has 6 heteroatoms. The molecule has 0 bridgehead atoms. The molecule has 2 rings (SSSR count). The van der Waals surface area contributed by atoms with Crippen molar-refractivity contribution in [2.24, 2.45) is 0 Å². The van der Waals surface area contributed by atoms with Crippen molar-refractivity contribution in [3.05, 3.63) is 29.8 Å². The lowest BCUT2D eigenvalue weighted by molar-refractivity contribution is 0.0626. The lowest BCUT2D eigenvalue weighted by Crippen LogP contribution is -2.29. The fourth-order valence-electron chi connectivity index (χ4n) is 2.43. The average Bonchev–Trinajstić information content (AvgIpc) is 2.87. The van der Waals surface area contributed by atoms with Crippen LogP contribution in [0.4, 0.5) is 5.69 Å². The summed E-state index contributed by atoms with van der Waals surface area (Å²) >= 11 is 0. The second-order valence-corrected chi connectivity index (χ2v) is 6.98. The van der Waals surface area contributed by atoms with Crippen molar-refractivity contribution in [1.82, 2.24) is 4.72 Å².